The number of para-hydroxylation sites is 1. The highest BCUT2D eigenvalue weighted by atomic mass is 19.4. The molecule has 1 aliphatic rings. The van der Waals surface area contributed by atoms with Crippen LogP contribution in [0.4, 0.5) is 13.2 Å². The highest BCUT2D eigenvalue weighted by Gasteiger charge is 2.38. The Morgan fingerprint density at radius 2 is 1.81 bits per heavy atom. The predicted molar refractivity (Wildman–Crippen MR) is 129 cm³/mol. The van der Waals surface area contributed by atoms with Gasteiger partial charge in [0.05, 0.1) is 23.9 Å². The molecule has 0 aliphatic heterocycles. The first kappa shape index (κ1) is 22.4. The van der Waals surface area contributed by atoms with Crippen molar-refractivity contribution >= 4 is 16.7 Å². The first-order chi connectivity index (χ1) is 17.3. The Morgan fingerprint density at radius 3 is 2.47 bits per heavy atom. The third-order valence-corrected chi connectivity index (χ3v) is 6.63. The van der Waals surface area contributed by atoms with Gasteiger partial charge in [-0.15, -0.1) is 0 Å². The van der Waals surface area contributed by atoms with Crippen LogP contribution >= 0.6 is 0 Å². The van der Waals surface area contributed by atoms with Gasteiger partial charge in [0.1, 0.15) is 28.3 Å². The molecule has 7 nitrogen and oxygen atoms in total. The lowest BCUT2D eigenvalue weighted by Gasteiger charge is -2.10. The zero-order chi connectivity index (χ0) is 25.2. The van der Waals surface area contributed by atoms with E-state index in [0.29, 0.717) is 40.8 Å². The molecule has 1 fully saturated rings. The van der Waals surface area contributed by atoms with E-state index < -0.39 is 17.4 Å². The topological polar surface area (TPSA) is 77.2 Å². The maximum absolute atomic E-state index is 14.1. The van der Waals surface area contributed by atoms with Crippen molar-refractivity contribution in [3.05, 3.63) is 70.3 Å². The summed E-state index contributed by atoms with van der Waals surface area (Å²) < 4.78 is 50.5. The van der Waals surface area contributed by atoms with Crippen LogP contribution < -0.4 is 10.3 Å². The van der Waals surface area contributed by atoms with Crippen LogP contribution in [0.25, 0.3) is 39.2 Å². The molecule has 2 aromatic carbocycles. The van der Waals surface area contributed by atoms with E-state index in [1.165, 1.54) is 0 Å². The van der Waals surface area contributed by atoms with Crippen molar-refractivity contribution in [1.82, 2.24) is 24.1 Å². The quantitative estimate of drug-likeness (QED) is 0.353. The van der Waals surface area contributed by atoms with Crippen molar-refractivity contribution in [1.29, 1.82) is 0 Å². The summed E-state index contributed by atoms with van der Waals surface area (Å²) >= 11 is 0. The Hall–Kier alpha value is -4.08. The number of ether oxygens (including phenoxy) is 1. The van der Waals surface area contributed by atoms with Gasteiger partial charge in [0.15, 0.2) is 5.65 Å². The van der Waals surface area contributed by atoms with Crippen LogP contribution in [0, 0.1) is 12.8 Å². The molecule has 184 valence electrons. The number of aromatic amines is 1. The highest BCUT2D eigenvalue weighted by molar-refractivity contribution is 5.87. The number of alkyl halides is 3. The van der Waals surface area contributed by atoms with E-state index in [-0.39, 0.29) is 16.8 Å². The Bertz CT molecular complexity index is 1680. The van der Waals surface area contributed by atoms with Crippen molar-refractivity contribution < 1.29 is 17.9 Å². The summed E-state index contributed by atoms with van der Waals surface area (Å²) in [6.07, 6.45) is -2.57. The minimum atomic E-state index is -4.72. The van der Waals surface area contributed by atoms with Gasteiger partial charge in [-0.3, -0.25) is 9.89 Å². The first-order valence-electron chi connectivity index (χ1n) is 11.6. The number of imidazole rings is 1. The smallest absolute Gasteiger partial charge is 0.433 e. The number of fused-ring (bicyclic) bond motifs is 2. The van der Waals surface area contributed by atoms with Crippen molar-refractivity contribution in [2.75, 3.05) is 7.11 Å². The molecule has 0 amide bonds. The van der Waals surface area contributed by atoms with E-state index in [1.807, 2.05) is 16.7 Å². The lowest BCUT2D eigenvalue weighted by molar-refractivity contribution is -0.140. The van der Waals surface area contributed by atoms with Crippen LogP contribution in [0.15, 0.2) is 53.3 Å². The average molecular weight is 493 g/mol. The molecule has 10 heteroatoms. The number of aryl methyl sites for hydroxylation is 1. The number of halogens is 3. The Kier molecular flexibility index (Phi) is 4.96. The van der Waals surface area contributed by atoms with Crippen LogP contribution in [-0.2, 0) is 12.7 Å². The molecular weight excluding hydrogens is 471 g/mol. The molecule has 1 N–H and O–H groups in total. The number of methoxy groups -OCH3 is 1. The summed E-state index contributed by atoms with van der Waals surface area (Å²) in [5, 5.41) is 2.29. The van der Waals surface area contributed by atoms with Gasteiger partial charge in [0.25, 0.3) is 5.56 Å². The van der Waals surface area contributed by atoms with E-state index >= 15 is 0 Å². The second-order valence-electron chi connectivity index (χ2n) is 9.08. The zero-order valence-corrected chi connectivity index (χ0v) is 19.6. The van der Waals surface area contributed by atoms with Gasteiger partial charge in [0, 0.05) is 6.54 Å². The lowest BCUT2D eigenvalue weighted by Crippen LogP contribution is -2.21. The third kappa shape index (κ3) is 3.47. The SMILES string of the molecule is COc1cccc2c1nc(-c1c(C)nc3c(-c4ccccc4)c(C(F)(F)F)[nH]n3c1=O)n2CC1CC1. The van der Waals surface area contributed by atoms with Crippen LogP contribution in [0.3, 0.4) is 0 Å². The average Bonchev–Trinajstić information content (AvgIpc) is 3.48. The summed E-state index contributed by atoms with van der Waals surface area (Å²) in [5.74, 6) is 1.38. The first-order valence-corrected chi connectivity index (χ1v) is 11.6. The molecular formula is C26H22F3N5O2. The molecule has 0 spiro atoms. The molecule has 0 bridgehead atoms. The van der Waals surface area contributed by atoms with Crippen molar-refractivity contribution in [3.63, 3.8) is 0 Å². The molecule has 0 atom stereocenters. The highest BCUT2D eigenvalue weighted by Crippen LogP contribution is 2.39. The number of hydrogen-bond acceptors (Lipinski definition) is 4. The number of H-pyrrole nitrogens is 1. The van der Waals surface area contributed by atoms with Crippen molar-refractivity contribution in [2.24, 2.45) is 5.92 Å². The molecule has 1 aliphatic carbocycles. The largest absolute Gasteiger partial charge is 0.494 e. The van der Waals surface area contributed by atoms with Crippen molar-refractivity contribution in [3.8, 4) is 28.3 Å². The van der Waals surface area contributed by atoms with Gasteiger partial charge in [-0.2, -0.15) is 17.7 Å². The molecule has 0 unspecified atom stereocenters. The standard InChI is InChI=1S/C26H22F3N5O2/c1-14-19(23-31-21-17(9-6-10-18(21)36-2)33(23)13-15-11-12-15)25(35)34-24(30-14)20(16-7-4-3-5-8-16)22(32-34)26(27,28)29/h3-10,15,32H,11-13H2,1-2H3. The van der Waals surface area contributed by atoms with Gasteiger partial charge < -0.3 is 9.30 Å². The maximum atomic E-state index is 14.1. The van der Waals surface area contributed by atoms with E-state index in [2.05, 4.69) is 10.1 Å². The van der Waals surface area contributed by atoms with Gasteiger partial charge >= 0.3 is 6.18 Å². The number of aromatic nitrogens is 5. The van der Waals surface area contributed by atoms with Gasteiger partial charge in [0.2, 0.25) is 0 Å². The fourth-order valence-corrected chi connectivity index (χ4v) is 4.74. The maximum Gasteiger partial charge on any atom is 0.433 e. The molecule has 6 rings (SSSR count). The fraction of sp³-hybridized carbons (Fsp3) is 0.269. The van der Waals surface area contributed by atoms with E-state index in [0.717, 1.165) is 22.9 Å². The van der Waals surface area contributed by atoms with Gasteiger partial charge in [-0.25, -0.2) is 9.97 Å². The molecule has 5 aromatic rings. The Labute approximate surface area is 203 Å². The molecule has 3 heterocycles. The Morgan fingerprint density at radius 1 is 1.06 bits per heavy atom. The summed E-state index contributed by atoms with van der Waals surface area (Å²) in [6.45, 7) is 2.28. The molecule has 0 saturated heterocycles. The summed E-state index contributed by atoms with van der Waals surface area (Å²) in [4.78, 5) is 23.1. The number of hydrogen-bond donors (Lipinski definition) is 1. The minimum absolute atomic E-state index is 0.0813. The molecule has 0 radical (unpaired) electrons. The fourth-order valence-electron chi connectivity index (χ4n) is 4.74. The minimum Gasteiger partial charge on any atom is -0.494 e. The van der Waals surface area contributed by atoms with Gasteiger partial charge in [-0.05, 0) is 43.4 Å². The number of rotatable bonds is 5. The second-order valence-corrected chi connectivity index (χ2v) is 9.08. The monoisotopic (exact) mass is 493 g/mol. The third-order valence-electron chi connectivity index (χ3n) is 6.63. The molecule has 1 saturated carbocycles. The van der Waals surface area contributed by atoms with Crippen LogP contribution in [0.5, 0.6) is 5.75 Å². The van der Waals surface area contributed by atoms with Crippen LogP contribution in [-0.4, -0.2) is 31.3 Å². The van der Waals surface area contributed by atoms with E-state index in [4.69, 9.17) is 9.72 Å². The summed E-state index contributed by atoms with van der Waals surface area (Å²) in [5.41, 5.74) is 0.245. The van der Waals surface area contributed by atoms with Gasteiger partial charge in [-0.1, -0.05) is 36.4 Å². The van der Waals surface area contributed by atoms with E-state index in [1.54, 1.807) is 50.4 Å². The summed E-state index contributed by atoms with van der Waals surface area (Å²) in [6, 6.07) is 13.7. The summed E-state index contributed by atoms with van der Waals surface area (Å²) in [7, 11) is 1.55. The van der Waals surface area contributed by atoms with Crippen LogP contribution in [0.1, 0.15) is 24.2 Å². The molecule has 3 aromatic heterocycles. The molecule has 36 heavy (non-hydrogen) atoms. The zero-order valence-electron chi connectivity index (χ0n) is 19.6. The number of nitrogens with zero attached hydrogens (tertiary/aromatic N) is 4. The van der Waals surface area contributed by atoms with Crippen molar-refractivity contribution in [2.45, 2.75) is 32.5 Å². The second kappa shape index (κ2) is 7.97. The normalized spacial score (nSPS) is 14.1. The predicted octanol–water partition coefficient (Wildman–Crippen LogP) is 5.45. The number of nitrogens with one attached hydrogen (secondary N) is 1. The lowest BCUT2D eigenvalue weighted by atomic mass is 10.1. The van der Waals surface area contributed by atoms with E-state index in [9.17, 15) is 18.0 Å². The number of benzene rings is 2. The Balaban J connectivity index is 1.66. The van der Waals surface area contributed by atoms with Crippen LogP contribution in [0.2, 0.25) is 0 Å².